The Morgan fingerprint density at radius 1 is 1.39 bits per heavy atom. The standard InChI is InChI=1S/C12H14N4OS/c13-9-3-1-8(2-4-9)7-18-12-15-14-11(17)16(12)10-5-6-10/h1-4,10H,5-7,13H2,(H,14,17). The van der Waals surface area contributed by atoms with Gasteiger partial charge in [0.15, 0.2) is 5.16 Å². The van der Waals surface area contributed by atoms with Crippen molar-refractivity contribution in [3.63, 3.8) is 0 Å². The van der Waals surface area contributed by atoms with Crippen molar-refractivity contribution in [1.29, 1.82) is 0 Å². The van der Waals surface area contributed by atoms with Crippen LogP contribution < -0.4 is 11.4 Å². The van der Waals surface area contributed by atoms with Crippen LogP contribution in [-0.4, -0.2) is 14.8 Å². The van der Waals surface area contributed by atoms with Crippen LogP contribution in [0.4, 0.5) is 5.69 Å². The Bertz CT molecular complexity index is 597. The molecule has 1 heterocycles. The number of rotatable bonds is 4. The topological polar surface area (TPSA) is 76.7 Å². The monoisotopic (exact) mass is 262 g/mol. The zero-order valence-electron chi connectivity index (χ0n) is 9.80. The van der Waals surface area contributed by atoms with Crippen LogP contribution in [0.3, 0.4) is 0 Å². The SMILES string of the molecule is Nc1ccc(CSc2n[nH]c(=O)n2C2CC2)cc1. The van der Waals surface area contributed by atoms with Crippen LogP contribution in [0.25, 0.3) is 0 Å². The van der Waals surface area contributed by atoms with E-state index in [1.54, 1.807) is 16.3 Å². The molecule has 1 aromatic heterocycles. The number of H-pyrrole nitrogens is 1. The molecule has 94 valence electrons. The molecule has 0 unspecified atom stereocenters. The van der Waals surface area contributed by atoms with E-state index < -0.39 is 0 Å². The number of nitrogens with zero attached hydrogens (tertiary/aromatic N) is 2. The second kappa shape index (κ2) is 4.53. The van der Waals surface area contributed by atoms with Crippen molar-refractivity contribution in [2.75, 3.05) is 5.73 Å². The number of nitrogens with two attached hydrogens (primary N) is 1. The Morgan fingerprint density at radius 3 is 2.78 bits per heavy atom. The summed E-state index contributed by atoms with van der Waals surface area (Å²) in [7, 11) is 0. The van der Waals surface area contributed by atoms with Crippen LogP contribution in [0.1, 0.15) is 24.4 Å². The van der Waals surface area contributed by atoms with E-state index in [9.17, 15) is 4.79 Å². The lowest BCUT2D eigenvalue weighted by Crippen LogP contribution is -2.16. The van der Waals surface area contributed by atoms with Gasteiger partial charge >= 0.3 is 5.69 Å². The lowest BCUT2D eigenvalue weighted by molar-refractivity contribution is 0.642. The third-order valence-corrected chi connectivity index (χ3v) is 3.96. The number of thioether (sulfide) groups is 1. The molecule has 5 nitrogen and oxygen atoms in total. The highest BCUT2D eigenvalue weighted by Crippen LogP contribution is 2.36. The van der Waals surface area contributed by atoms with E-state index in [0.29, 0.717) is 6.04 Å². The maximum atomic E-state index is 11.6. The van der Waals surface area contributed by atoms with Gasteiger partial charge in [-0.1, -0.05) is 23.9 Å². The highest BCUT2D eigenvalue weighted by molar-refractivity contribution is 7.98. The minimum Gasteiger partial charge on any atom is -0.399 e. The minimum atomic E-state index is -0.0997. The Morgan fingerprint density at radius 2 is 2.11 bits per heavy atom. The molecule has 1 aliphatic rings. The number of anilines is 1. The number of nitrogen functional groups attached to an aromatic ring is 1. The molecule has 0 spiro atoms. The second-order valence-corrected chi connectivity index (χ2v) is 5.39. The molecular formula is C12H14N4OS. The lowest BCUT2D eigenvalue weighted by atomic mass is 10.2. The molecule has 1 aromatic carbocycles. The number of benzene rings is 1. The first-order valence-electron chi connectivity index (χ1n) is 5.88. The quantitative estimate of drug-likeness (QED) is 0.650. The zero-order valence-corrected chi connectivity index (χ0v) is 10.6. The highest BCUT2D eigenvalue weighted by atomic mass is 32.2. The summed E-state index contributed by atoms with van der Waals surface area (Å²) >= 11 is 1.57. The fourth-order valence-electron chi connectivity index (χ4n) is 1.81. The Hall–Kier alpha value is -1.69. The first kappa shape index (κ1) is 11.4. The normalized spacial score (nSPS) is 14.9. The van der Waals surface area contributed by atoms with Gasteiger partial charge in [0.05, 0.1) is 0 Å². The van der Waals surface area contributed by atoms with Crippen LogP contribution in [0.5, 0.6) is 0 Å². The van der Waals surface area contributed by atoms with E-state index in [2.05, 4.69) is 10.2 Å². The van der Waals surface area contributed by atoms with Crippen LogP contribution in [-0.2, 0) is 5.75 Å². The van der Waals surface area contributed by atoms with Gasteiger partial charge in [-0.05, 0) is 30.5 Å². The van der Waals surface area contributed by atoms with Crippen LogP contribution >= 0.6 is 11.8 Å². The first-order valence-corrected chi connectivity index (χ1v) is 6.87. The molecular weight excluding hydrogens is 248 g/mol. The largest absolute Gasteiger partial charge is 0.399 e. The third kappa shape index (κ3) is 2.28. The summed E-state index contributed by atoms with van der Waals surface area (Å²) in [4.78, 5) is 11.6. The van der Waals surface area contributed by atoms with Crippen molar-refractivity contribution in [2.45, 2.75) is 29.8 Å². The maximum absolute atomic E-state index is 11.6. The smallest absolute Gasteiger partial charge is 0.344 e. The molecule has 1 fully saturated rings. The highest BCUT2D eigenvalue weighted by Gasteiger charge is 2.28. The molecule has 0 radical (unpaired) electrons. The zero-order chi connectivity index (χ0) is 12.5. The fraction of sp³-hybridized carbons (Fsp3) is 0.333. The van der Waals surface area contributed by atoms with Crippen molar-refractivity contribution >= 4 is 17.4 Å². The Labute approximate surface area is 108 Å². The van der Waals surface area contributed by atoms with Gasteiger partial charge in [0.2, 0.25) is 0 Å². The first-order chi connectivity index (χ1) is 8.74. The summed E-state index contributed by atoms with van der Waals surface area (Å²) in [6.45, 7) is 0. The molecule has 0 bridgehead atoms. The van der Waals surface area contributed by atoms with E-state index in [1.165, 1.54) is 5.56 Å². The molecule has 0 atom stereocenters. The van der Waals surface area contributed by atoms with E-state index in [1.807, 2.05) is 24.3 Å². The molecule has 0 saturated heterocycles. The van der Waals surface area contributed by atoms with Gasteiger partial charge in [0.1, 0.15) is 0 Å². The number of hydrogen-bond acceptors (Lipinski definition) is 4. The summed E-state index contributed by atoms with van der Waals surface area (Å²) in [6, 6.07) is 8.11. The van der Waals surface area contributed by atoms with Gasteiger partial charge in [0.25, 0.3) is 0 Å². The molecule has 6 heteroatoms. The van der Waals surface area contributed by atoms with Crippen molar-refractivity contribution < 1.29 is 0 Å². The minimum absolute atomic E-state index is 0.0997. The third-order valence-electron chi connectivity index (χ3n) is 2.93. The van der Waals surface area contributed by atoms with Crippen LogP contribution in [0, 0.1) is 0 Å². The van der Waals surface area contributed by atoms with Gasteiger partial charge in [-0.15, -0.1) is 5.10 Å². The van der Waals surface area contributed by atoms with Crippen molar-refractivity contribution in [1.82, 2.24) is 14.8 Å². The van der Waals surface area contributed by atoms with Crippen LogP contribution in [0.15, 0.2) is 34.2 Å². The van der Waals surface area contributed by atoms with Gasteiger partial charge in [-0.3, -0.25) is 4.57 Å². The summed E-state index contributed by atoms with van der Waals surface area (Å²) in [5.74, 6) is 0.789. The van der Waals surface area contributed by atoms with Crippen molar-refractivity contribution in [3.05, 3.63) is 40.3 Å². The number of hydrogen-bond donors (Lipinski definition) is 2. The summed E-state index contributed by atoms with van der Waals surface area (Å²) in [5.41, 5.74) is 7.48. The Kier molecular flexibility index (Phi) is 2.87. The van der Waals surface area contributed by atoms with E-state index in [4.69, 9.17) is 5.73 Å². The molecule has 2 aromatic rings. The molecule has 0 aliphatic heterocycles. The number of nitrogens with one attached hydrogen (secondary N) is 1. The van der Waals surface area contributed by atoms with E-state index >= 15 is 0 Å². The molecule has 1 aliphatic carbocycles. The predicted molar refractivity (Wildman–Crippen MR) is 71.5 cm³/mol. The van der Waals surface area contributed by atoms with Gasteiger partial charge in [-0.2, -0.15) is 0 Å². The molecule has 0 amide bonds. The molecule has 1 saturated carbocycles. The lowest BCUT2D eigenvalue weighted by Gasteiger charge is -2.03. The second-order valence-electron chi connectivity index (χ2n) is 4.44. The molecule has 18 heavy (non-hydrogen) atoms. The molecule has 3 N–H and O–H groups in total. The van der Waals surface area contributed by atoms with Crippen LogP contribution in [0.2, 0.25) is 0 Å². The van der Waals surface area contributed by atoms with E-state index in [0.717, 1.165) is 29.4 Å². The fourth-order valence-corrected chi connectivity index (χ4v) is 2.78. The number of aromatic amines is 1. The Balaban J connectivity index is 1.73. The summed E-state index contributed by atoms with van der Waals surface area (Å²) in [5, 5.41) is 7.37. The van der Waals surface area contributed by atoms with Gasteiger partial charge < -0.3 is 5.73 Å². The van der Waals surface area contributed by atoms with Gasteiger partial charge in [-0.25, -0.2) is 9.89 Å². The summed E-state index contributed by atoms with van der Waals surface area (Å²) < 4.78 is 1.77. The average Bonchev–Trinajstić information content (AvgIpc) is 3.13. The maximum Gasteiger partial charge on any atom is 0.344 e. The average molecular weight is 262 g/mol. The van der Waals surface area contributed by atoms with E-state index in [-0.39, 0.29) is 5.69 Å². The predicted octanol–water partition coefficient (Wildman–Crippen LogP) is 1.78. The van der Waals surface area contributed by atoms with Crippen molar-refractivity contribution in [2.24, 2.45) is 0 Å². The van der Waals surface area contributed by atoms with Crippen molar-refractivity contribution in [3.8, 4) is 0 Å². The number of aromatic nitrogens is 3. The molecule has 3 rings (SSSR count). The summed E-state index contributed by atoms with van der Waals surface area (Å²) in [6.07, 6.45) is 2.16. The van der Waals surface area contributed by atoms with Gasteiger partial charge in [0, 0.05) is 17.5 Å².